The lowest BCUT2D eigenvalue weighted by Crippen LogP contribution is -2.36. The van der Waals surface area contributed by atoms with Gasteiger partial charge in [-0.2, -0.15) is 0 Å². The third-order valence-corrected chi connectivity index (χ3v) is 3.97. The van der Waals surface area contributed by atoms with E-state index in [1.807, 2.05) is 13.8 Å². The number of nitrogens with zero attached hydrogens (tertiary/aromatic N) is 1. The fourth-order valence-electron chi connectivity index (χ4n) is 2.13. The summed E-state index contributed by atoms with van der Waals surface area (Å²) in [4.78, 5) is 23.5. The van der Waals surface area contributed by atoms with Crippen molar-refractivity contribution in [3.05, 3.63) is 45.8 Å². The summed E-state index contributed by atoms with van der Waals surface area (Å²) in [5.41, 5.74) is 1.99. The summed E-state index contributed by atoms with van der Waals surface area (Å²) < 4.78 is 10.3. The van der Waals surface area contributed by atoms with Crippen LogP contribution in [0.1, 0.15) is 27.4 Å². The molecule has 2 rings (SSSR count). The highest BCUT2D eigenvalue weighted by molar-refractivity contribution is 6.32. The topological polar surface area (TPSA) is 93.5 Å². The summed E-state index contributed by atoms with van der Waals surface area (Å²) in [6.45, 7) is 5.90. The van der Waals surface area contributed by atoms with E-state index in [9.17, 15) is 9.59 Å². The highest BCUT2D eigenvalue weighted by Gasteiger charge is 2.10. The van der Waals surface area contributed by atoms with E-state index in [0.717, 1.165) is 11.1 Å². The molecule has 8 heteroatoms. The van der Waals surface area contributed by atoms with Gasteiger partial charge in [0, 0.05) is 24.2 Å². The maximum atomic E-state index is 11.8. The van der Waals surface area contributed by atoms with E-state index in [1.165, 1.54) is 6.07 Å². The van der Waals surface area contributed by atoms with Gasteiger partial charge in [0.1, 0.15) is 11.5 Å². The van der Waals surface area contributed by atoms with Crippen molar-refractivity contribution in [1.29, 1.82) is 0 Å². The predicted octanol–water partition coefficient (Wildman–Crippen LogP) is 2.18. The van der Waals surface area contributed by atoms with Crippen LogP contribution in [-0.2, 0) is 4.79 Å². The smallest absolute Gasteiger partial charge is 0.273 e. The predicted molar refractivity (Wildman–Crippen MR) is 93.0 cm³/mol. The first kappa shape index (κ1) is 18.8. The number of carbonyl (C=O) groups excluding carboxylic acids is 2. The number of hydrogen-bond acceptors (Lipinski definition) is 5. The van der Waals surface area contributed by atoms with Gasteiger partial charge in [0.25, 0.3) is 11.8 Å². The standard InChI is InChI=1S/C17H20ClN3O4/c1-10-6-13(7-11(2)16(10)18)24-9-15(22)19-4-5-20-17(23)14-8-12(3)25-21-14/h6-8H,4-5,9H2,1-3H3,(H,19,22)(H,20,23). The number of nitrogens with one attached hydrogen (secondary N) is 2. The van der Waals surface area contributed by atoms with Crippen LogP contribution in [0.5, 0.6) is 5.75 Å². The molecule has 0 unspecified atom stereocenters. The van der Waals surface area contributed by atoms with E-state index in [1.54, 1.807) is 19.1 Å². The van der Waals surface area contributed by atoms with Gasteiger partial charge in [-0.3, -0.25) is 9.59 Å². The van der Waals surface area contributed by atoms with E-state index in [2.05, 4.69) is 15.8 Å². The third kappa shape index (κ3) is 5.49. The molecule has 0 bridgehead atoms. The second kappa shape index (κ2) is 8.53. The molecule has 1 aromatic heterocycles. The van der Waals surface area contributed by atoms with Crippen molar-refractivity contribution in [2.45, 2.75) is 20.8 Å². The molecule has 0 aliphatic rings. The van der Waals surface area contributed by atoms with Crippen molar-refractivity contribution >= 4 is 23.4 Å². The van der Waals surface area contributed by atoms with Gasteiger partial charge >= 0.3 is 0 Å². The second-order valence-corrected chi connectivity index (χ2v) is 5.97. The maximum absolute atomic E-state index is 11.8. The van der Waals surface area contributed by atoms with Crippen LogP contribution in [0.25, 0.3) is 0 Å². The molecule has 1 aromatic carbocycles. The van der Waals surface area contributed by atoms with Crippen molar-refractivity contribution in [3.8, 4) is 5.75 Å². The largest absolute Gasteiger partial charge is 0.484 e. The molecule has 0 aliphatic carbocycles. The fraction of sp³-hybridized carbons (Fsp3) is 0.353. The Morgan fingerprint density at radius 1 is 1.12 bits per heavy atom. The fourth-order valence-corrected chi connectivity index (χ4v) is 2.24. The van der Waals surface area contributed by atoms with Crippen LogP contribution in [0.15, 0.2) is 22.7 Å². The SMILES string of the molecule is Cc1cc(C(=O)NCCNC(=O)COc2cc(C)c(Cl)c(C)c2)no1. The summed E-state index contributed by atoms with van der Waals surface area (Å²) in [5.74, 6) is 0.513. The summed E-state index contributed by atoms with van der Waals surface area (Å²) in [6.07, 6.45) is 0. The monoisotopic (exact) mass is 365 g/mol. The van der Waals surface area contributed by atoms with Gasteiger partial charge < -0.3 is 19.9 Å². The van der Waals surface area contributed by atoms with E-state index >= 15 is 0 Å². The normalized spacial score (nSPS) is 10.4. The lowest BCUT2D eigenvalue weighted by molar-refractivity contribution is -0.123. The van der Waals surface area contributed by atoms with Crippen LogP contribution in [0.2, 0.25) is 5.02 Å². The molecule has 2 N–H and O–H groups in total. The Labute approximate surface area is 150 Å². The van der Waals surface area contributed by atoms with Crippen molar-refractivity contribution in [2.24, 2.45) is 0 Å². The Morgan fingerprint density at radius 2 is 1.76 bits per heavy atom. The highest BCUT2D eigenvalue weighted by atomic mass is 35.5. The first-order valence-corrected chi connectivity index (χ1v) is 8.12. The van der Waals surface area contributed by atoms with Crippen LogP contribution in [0, 0.1) is 20.8 Å². The second-order valence-electron chi connectivity index (χ2n) is 5.59. The van der Waals surface area contributed by atoms with E-state index in [4.69, 9.17) is 20.9 Å². The van der Waals surface area contributed by atoms with Crippen LogP contribution in [0.4, 0.5) is 0 Å². The van der Waals surface area contributed by atoms with E-state index in [-0.39, 0.29) is 37.2 Å². The molecule has 7 nitrogen and oxygen atoms in total. The molecule has 134 valence electrons. The molecule has 0 spiro atoms. The Kier molecular flexibility index (Phi) is 6.41. The number of halogens is 1. The number of aromatic nitrogens is 1. The maximum Gasteiger partial charge on any atom is 0.273 e. The number of ether oxygens (including phenoxy) is 1. The zero-order valence-corrected chi connectivity index (χ0v) is 15.1. The molecule has 0 saturated heterocycles. The number of amides is 2. The first-order valence-electron chi connectivity index (χ1n) is 7.74. The summed E-state index contributed by atoms with van der Waals surface area (Å²) in [5, 5.41) is 9.59. The van der Waals surface area contributed by atoms with Crippen LogP contribution < -0.4 is 15.4 Å². The lowest BCUT2D eigenvalue weighted by atomic mass is 10.1. The molecule has 2 amide bonds. The average Bonchev–Trinajstić information content (AvgIpc) is 3.01. The van der Waals surface area contributed by atoms with Gasteiger partial charge in [0.15, 0.2) is 12.3 Å². The number of hydrogen-bond donors (Lipinski definition) is 2. The number of carbonyl (C=O) groups is 2. The van der Waals surface area contributed by atoms with Gasteiger partial charge in [-0.1, -0.05) is 16.8 Å². The van der Waals surface area contributed by atoms with Gasteiger partial charge in [0.05, 0.1) is 0 Å². The summed E-state index contributed by atoms with van der Waals surface area (Å²) in [6, 6.07) is 5.10. The first-order chi connectivity index (χ1) is 11.9. The zero-order chi connectivity index (χ0) is 18.4. The highest BCUT2D eigenvalue weighted by Crippen LogP contribution is 2.25. The minimum Gasteiger partial charge on any atom is -0.484 e. The van der Waals surface area contributed by atoms with Gasteiger partial charge in [-0.25, -0.2) is 0 Å². The Morgan fingerprint density at radius 3 is 2.36 bits per heavy atom. The van der Waals surface area contributed by atoms with E-state index in [0.29, 0.717) is 16.5 Å². The Balaban J connectivity index is 1.68. The molecular formula is C17H20ClN3O4. The molecule has 0 radical (unpaired) electrons. The Hall–Kier alpha value is -2.54. The molecule has 0 atom stereocenters. The minimum atomic E-state index is -0.352. The van der Waals surface area contributed by atoms with Crippen molar-refractivity contribution in [3.63, 3.8) is 0 Å². The van der Waals surface area contributed by atoms with Crippen LogP contribution in [-0.4, -0.2) is 36.7 Å². The van der Waals surface area contributed by atoms with Gasteiger partial charge in [-0.15, -0.1) is 0 Å². The van der Waals surface area contributed by atoms with Crippen LogP contribution in [0.3, 0.4) is 0 Å². The molecular weight excluding hydrogens is 346 g/mol. The van der Waals surface area contributed by atoms with Crippen LogP contribution >= 0.6 is 11.6 Å². The lowest BCUT2D eigenvalue weighted by Gasteiger charge is -2.10. The van der Waals surface area contributed by atoms with Crippen molar-refractivity contribution in [1.82, 2.24) is 15.8 Å². The Bertz CT molecular complexity index is 750. The number of rotatable bonds is 7. The zero-order valence-electron chi connectivity index (χ0n) is 14.3. The molecule has 1 heterocycles. The molecule has 2 aromatic rings. The average molecular weight is 366 g/mol. The number of benzene rings is 1. The molecule has 0 aliphatic heterocycles. The van der Waals surface area contributed by atoms with E-state index < -0.39 is 0 Å². The molecule has 0 fully saturated rings. The minimum absolute atomic E-state index is 0.114. The summed E-state index contributed by atoms with van der Waals surface area (Å²) in [7, 11) is 0. The molecule has 0 saturated carbocycles. The third-order valence-electron chi connectivity index (χ3n) is 3.37. The van der Waals surface area contributed by atoms with Crippen molar-refractivity contribution < 1.29 is 18.8 Å². The van der Waals surface area contributed by atoms with Gasteiger partial charge in [-0.05, 0) is 44.0 Å². The summed E-state index contributed by atoms with van der Waals surface area (Å²) >= 11 is 6.09. The van der Waals surface area contributed by atoms with Gasteiger partial charge in [0.2, 0.25) is 0 Å². The quantitative estimate of drug-likeness (QED) is 0.733. The molecule has 25 heavy (non-hydrogen) atoms. The number of aryl methyl sites for hydroxylation is 3. The van der Waals surface area contributed by atoms with Crippen molar-refractivity contribution in [2.75, 3.05) is 19.7 Å².